The maximum Gasteiger partial charge on any atom is 0.173 e. The Labute approximate surface area is 101 Å². The van der Waals surface area contributed by atoms with Crippen LogP contribution in [0.1, 0.15) is 16.8 Å². The van der Waals surface area contributed by atoms with Gasteiger partial charge in [-0.25, -0.2) is 4.39 Å². The second-order valence-corrected chi connectivity index (χ2v) is 4.39. The number of carbonyl (C=O) groups is 1. The van der Waals surface area contributed by atoms with Gasteiger partial charge in [-0.3, -0.25) is 9.79 Å². The fraction of sp³-hybridized carbons (Fsp3) is 0.273. The van der Waals surface area contributed by atoms with Gasteiger partial charge in [0.1, 0.15) is 11.7 Å². The average molecular weight is 285 g/mol. The molecule has 0 amide bonds. The average Bonchev–Trinajstić information content (AvgIpc) is 2.74. The number of rotatable bonds is 3. The molecule has 0 aliphatic carbocycles. The highest BCUT2D eigenvalue weighted by Gasteiger charge is 2.16. The van der Waals surface area contributed by atoms with E-state index in [9.17, 15) is 9.18 Å². The highest BCUT2D eigenvalue weighted by Crippen LogP contribution is 2.17. The molecular formula is C11H10BrFN2O. The molecule has 16 heavy (non-hydrogen) atoms. The molecule has 1 N–H and O–H groups in total. The number of carbonyl (C=O) groups excluding carboxylic acids is 1. The van der Waals surface area contributed by atoms with Crippen LogP contribution in [-0.4, -0.2) is 24.7 Å². The van der Waals surface area contributed by atoms with E-state index >= 15 is 0 Å². The monoisotopic (exact) mass is 284 g/mol. The van der Waals surface area contributed by atoms with Gasteiger partial charge in [-0.05, 0) is 18.2 Å². The van der Waals surface area contributed by atoms with Crippen LogP contribution in [0.25, 0.3) is 0 Å². The lowest BCUT2D eigenvalue weighted by Gasteiger charge is -2.04. The first-order valence-corrected chi connectivity index (χ1v) is 5.71. The highest BCUT2D eigenvalue weighted by atomic mass is 79.9. The predicted molar refractivity (Wildman–Crippen MR) is 63.4 cm³/mol. The Hall–Kier alpha value is -1.23. The zero-order chi connectivity index (χ0) is 11.5. The Bertz CT molecular complexity index is 459. The van der Waals surface area contributed by atoms with E-state index in [2.05, 4.69) is 26.2 Å². The second-order valence-electron chi connectivity index (χ2n) is 3.48. The molecule has 0 unspecified atom stereocenters. The van der Waals surface area contributed by atoms with Gasteiger partial charge in [0.25, 0.3) is 0 Å². The van der Waals surface area contributed by atoms with E-state index in [-0.39, 0.29) is 17.8 Å². The lowest BCUT2D eigenvalue weighted by Crippen LogP contribution is -2.22. The molecule has 1 heterocycles. The van der Waals surface area contributed by atoms with Crippen LogP contribution in [0.15, 0.2) is 27.7 Å². The molecule has 0 aromatic heterocycles. The van der Waals surface area contributed by atoms with Crippen LogP contribution in [0.2, 0.25) is 0 Å². The van der Waals surface area contributed by atoms with E-state index in [0.717, 1.165) is 6.54 Å². The molecule has 2 rings (SSSR count). The third kappa shape index (κ3) is 2.47. The van der Waals surface area contributed by atoms with E-state index in [1.54, 1.807) is 6.07 Å². The molecule has 0 atom stereocenters. The second kappa shape index (κ2) is 4.74. The number of Topliss-reactive ketones (excluding diaryl/α,β-unsaturated/α-hetero) is 1. The van der Waals surface area contributed by atoms with Crippen LogP contribution in [0.4, 0.5) is 4.39 Å². The molecule has 1 aliphatic heterocycles. The minimum atomic E-state index is -0.494. The van der Waals surface area contributed by atoms with Gasteiger partial charge in [0.2, 0.25) is 0 Å². The fourth-order valence-electron chi connectivity index (χ4n) is 1.52. The molecule has 0 fully saturated rings. The first kappa shape index (κ1) is 11.3. The highest BCUT2D eigenvalue weighted by molar-refractivity contribution is 9.10. The van der Waals surface area contributed by atoms with Gasteiger partial charge in [-0.1, -0.05) is 15.9 Å². The number of hydrogen-bond donors (Lipinski definition) is 1. The van der Waals surface area contributed by atoms with E-state index in [1.165, 1.54) is 12.1 Å². The summed E-state index contributed by atoms with van der Waals surface area (Å²) in [5.41, 5.74) is 0.103. The van der Waals surface area contributed by atoms with Gasteiger partial charge in [-0.15, -0.1) is 0 Å². The Kier molecular flexibility index (Phi) is 3.33. The molecule has 1 aromatic carbocycles. The van der Waals surface area contributed by atoms with Gasteiger partial charge in [0, 0.05) is 11.0 Å². The maximum atomic E-state index is 13.4. The predicted octanol–water partition coefficient (Wildman–Crippen LogP) is 2.16. The summed E-state index contributed by atoms with van der Waals surface area (Å²) < 4.78 is 14.1. The SMILES string of the molecule is O=C(CC1=NCCN1)c1cc(Br)ccc1F. The molecule has 5 heteroatoms. The van der Waals surface area contributed by atoms with E-state index in [0.29, 0.717) is 16.9 Å². The summed E-state index contributed by atoms with van der Waals surface area (Å²) in [5, 5.41) is 2.99. The molecule has 0 saturated carbocycles. The number of hydrogen-bond acceptors (Lipinski definition) is 3. The molecule has 3 nitrogen and oxygen atoms in total. The molecule has 0 radical (unpaired) electrons. The minimum Gasteiger partial charge on any atom is -0.372 e. The van der Waals surface area contributed by atoms with Gasteiger partial charge < -0.3 is 5.32 Å². The molecule has 84 valence electrons. The van der Waals surface area contributed by atoms with Gasteiger partial charge in [0.05, 0.1) is 18.5 Å². The van der Waals surface area contributed by atoms with Crippen LogP contribution in [0.3, 0.4) is 0 Å². The Morgan fingerprint density at radius 1 is 1.56 bits per heavy atom. The van der Waals surface area contributed by atoms with Crippen molar-refractivity contribution in [3.8, 4) is 0 Å². The first-order chi connectivity index (χ1) is 7.66. The van der Waals surface area contributed by atoms with Crippen LogP contribution in [0.5, 0.6) is 0 Å². The summed E-state index contributed by atoms with van der Waals surface area (Å²) in [6.45, 7) is 1.44. The van der Waals surface area contributed by atoms with Gasteiger partial charge >= 0.3 is 0 Å². The molecule has 0 saturated heterocycles. The maximum absolute atomic E-state index is 13.4. The van der Waals surface area contributed by atoms with Crippen LogP contribution in [0, 0.1) is 5.82 Å². The number of nitrogens with one attached hydrogen (secondary N) is 1. The van der Waals surface area contributed by atoms with E-state index in [4.69, 9.17) is 0 Å². The third-order valence-corrected chi connectivity index (χ3v) is 2.79. The number of benzene rings is 1. The quantitative estimate of drug-likeness (QED) is 0.865. The smallest absolute Gasteiger partial charge is 0.173 e. The van der Waals surface area contributed by atoms with Crippen LogP contribution < -0.4 is 5.32 Å². The Morgan fingerprint density at radius 2 is 2.38 bits per heavy atom. The Balaban J connectivity index is 2.16. The molecular weight excluding hydrogens is 275 g/mol. The van der Waals surface area contributed by atoms with Crippen molar-refractivity contribution in [1.29, 1.82) is 0 Å². The van der Waals surface area contributed by atoms with Crippen LogP contribution in [-0.2, 0) is 0 Å². The topological polar surface area (TPSA) is 41.5 Å². The van der Waals surface area contributed by atoms with Gasteiger partial charge in [-0.2, -0.15) is 0 Å². The largest absolute Gasteiger partial charge is 0.372 e. The molecule has 1 aliphatic rings. The first-order valence-electron chi connectivity index (χ1n) is 4.92. The number of halogens is 2. The van der Waals surface area contributed by atoms with Crippen molar-refractivity contribution in [2.45, 2.75) is 6.42 Å². The van der Waals surface area contributed by atoms with E-state index in [1.807, 2.05) is 0 Å². The van der Waals surface area contributed by atoms with Crippen molar-refractivity contribution in [3.63, 3.8) is 0 Å². The molecule has 1 aromatic rings. The van der Waals surface area contributed by atoms with Crippen molar-refractivity contribution in [3.05, 3.63) is 34.1 Å². The normalized spacial score (nSPS) is 14.5. The number of ketones is 1. The van der Waals surface area contributed by atoms with Crippen molar-refractivity contribution < 1.29 is 9.18 Å². The van der Waals surface area contributed by atoms with E-state index < -0.39 is 5.82 Å². The van der Waals surface area contributed by atoms with Crippen molar-refractivity contribution in [2.24, 2.45) is 4.99 Å². The summed E-state index contributed by atoms with van der Waals surface area (Å²) >= 11 is 3.21. The van der Waals surface area contributed by atoms with Crippen molar-refractivity contribution in [1.82, 2.24) is 5.32 Å². The third-order valence-electron chi connectivity index (χ3n) is 2.30. The number of aliphatic imine (C=N–C) groups is 1. The summed E-state index contributed by atoms with van der Waals surface area (Å²) in [7, 11) is 0. The number of amidine groups is 1. The molecule has 0 bridgehead atoms. The minimum absolute atomic E-state index is 0.103. The summed E-state index contributed by atoms with van der Waals surface area (Å²) in [5.74, 6) is -0.108. The standard InChI is InChI=1S/C11H10BrFN2O/c12-7-1-2-9(13)8(5-7)10(16)6-11-14-3-4-15-11/h1-2,5H,3-4,6H2,(H,14,15). The van der Waals surface area contributed by atoms with Crippen molar-refractivity contribution >= 4 is 27.5 Å². The Morgan fingerprint density at radius 3 is 3.06 bits per heavy atom. The zero-order valence-electron chi connectivity index (χ0n) is 8.46. The summed E-state index contributed by atoms with van der Waals surface area (Å²) in [4.78, 5) is 15.9. The lowest BCUT2D eigenvalue weighted by atomic mass is 10.1. The van der Waals surface area contributed by atoms with Crippen LogP contribution >= 0.6 is 15.9 Å². The zero-order valence-corrected chi connectivity index (χ0v) is 10.1. The fourth-order valence-corrected chi connectivity index (χ4v) is 1.88. The molecule has 0 spiro atoms. The lowest BCUT2D eigenvalue weighted by molar-refractivity contribution is 0.0996. The van der Waals surface area contributed by atoms with Crippen molar-refractivity contribution in [2.75, 3.05) is 13.1 Å². The van der Waals surface area contributed by atoms with Gasteiger partial charge in [0.15, 0.2) is 5.78 Å². The number of nitrogens with zero attached hydrogens (tertiary/aromatic N) is 1. The summed E-state index contributed by atoms with van der Waals surface area (Å²) in [6, 6.07) is 4.34. The summed E-state index contributed by atoms with van der Waals surface area (Å²) in [6.07, 6.45) is 0.132.